The van der Waals surface area contributed by atoms with Crippen molar-refractivity contribution in [3.8, 4) is 0 Å². The van der Waals surface area contributed by atoms with Gasteiger partial charge < -0.3 is 4.90 Å². The molecule has 4 rings (SSSR count). The van der Waals surface area contributed by atoms with Crippen LogP contribution >= 0.6 is 11.3 Å². The number of fused-ring (bicyclic) bond motifs is 1. The number of amides is 1. The molecule has 0 aliphatic carbocycles. The Hall–Kier alpha value is -2.29. The average Bonchev–Trinajstić information content (AvgIpc) is 3.17. The van der Waals surface area contributed by atoms with Crippen LogP contribution in [0.1, 0.15) is 22.6 Å². The zero-order chi connectivity index (χ0) is 21.3. The third kappa shape index (κ3) is 4.26. The van der Waals surface area contributed by atoms with E-state index in [4.69, 9.17) is 0 Å². The molecule has 8 heteroatoms. The lowest BCUT2D eigenvalue weighted by Crippen LogP contribution is -2.50. The monoisotopic (exact) mass is 443 g/mol. The van der Waals surface area contributed by atoms with Crippen molar-refractivity contribution in [1.82, 2.24) is 14.2 Å². The van der Waals surface area contributed by atoms with E-state index in [2.05, 4.69) is 4.98 Å². The molecule has 3 aromatic rings. The molecule has 1 aromatic heterocycles. The topological polar surface area (TPSA) is 70.6 Å². The number of hydrogen-bond acceptors (Lipinski definition) is 5. The SMILES string of the molecule is Cc1ccc(C)c(S(=O)(=O)N2CCN(C(=O)CCc3nc4ccccc4s3)CC2)c1. The summed E-state index contributed by atoms with van der Waals surface area (Å²) in [6.45, 7) is 5.19. The number of carbonyl (C=O) groups is 1. The summed E-state index contributed by atoms with van der Waals surface area (Å²) in [5.41, 5.74) is 2.63. The van der Waals surface area contributed by atoms with Gasteiger partial charge in [-0.05, 0) is 43.2 Å². The van der Waals surface area contributed by atoms with Gasteiger partial charge in [-0.1, -0.05) is 24.3 Å². The van der Waals surface area contributed by atoms with Crippen molar-refractivity contribution in [3.05, 3.63) is 58.6 Å². The summed E-state index contributed by atoms with van der Waals surface area (Å²) in [4.78, 5) is 19.4. The molecule has 1 amide bonds. The second-order valence-electron chi connectivity index (χ2n) is 7.63. The third-order valence-corrected chi connectivity index (χ3v) is 8.58. The van der Waals surface area contributed by atoms with Crippen molar-refractivity contribution in [3.63, 3.8) is 0 Å². The summed E-state index contributed by atoms with van der Waals surface area (Å²) in [6, 6.07) is 13.4. The number of aromatic nitrogens is 1. The van der Waals surface area contributed by atoms with Crippen molar-refractivity contribution >= 4 is 37.5 Å². The molecule has 6 nitrogen and oxygen atoms in total. The van der Waals surface area contributed by atoms with Gasteiger partial charge >= 0.3 is 0 Å². The van der Waals surface area contributed by atoms with Gasteiger partial charge in [-0.25, -0.2) is 13.4 Å². The van der Waals surface area contributed by atoms with E-state index in [1.165, 1.54) is 4.31 Å². The van der Waals surface area contributed by atoms with Gasteiger partial charge in [-0.3, -0.25) is 4.79 Å². The van der Waals surface area contributed by atoms with E-state index in [0.29, 0.717) is 43.9 Å². The molecular weight excluding hydrogens is 418 g/mol. The molecule has 158 valence electrons. The maximum Gasteiger partial charge on any atom is 0.243 e. The number of hydrogen-bond donors (Lipinski definition) is 0. The minimum Gasteiger partial charge on any atom is -0.340 e. The number of carbonyl (C=O) groups excluding carboxylic acids is 1. The lowest BCUT2D eigenvalue weighted by Gasteiger charge is -2.34. The first-order valence-electron chi connectivity index (χ1n) is 10.0. The van der Waals surface area contributed by atoms with Crippen molar-refractivity contribution in [2.24, 2.45) is 0 Å². The quantitative estimate of drug-likeness (QED) is 0.606. The Morgan fingerprint density at radius 1 is 1.07 bits per heavy atom. The zero-order valence-electron chi connectivity index (χ0n) is 17.2. The normalized spacial score (nSPS) is 15.6. The van der Waals surface area contributed by atoms with E-state index in [9.17, 15) is 13.2 Å². The van der Waals surface area contributed by atoms with E-state index in [1.54, 1.807) is 22.3 Å². The van der Waals surface area contributed by atoms with Gasteiger partial charge in [0.1, 0.15) is 0 Å². The zero-order valence-corrected chi connectivity index (χ0v) is 18.8. The lowest BCUT2D eigenvalue weighted by atomic mass is 10.2. The predicted molar refractivity (Wildman–Crippen MR) is 119 cm³/mol. The molecule has 2 heterocycles. The van der Waals surface area contributed by atoms with Crippen LogP contribution in [0.15, 0.2) is 47.4 Å². The third-order valence-electron chi connectivity index (χ3n) is 5.44. The molecule has 1 saturated heterocycles. The maximum atomic E-state index is 13.0. The number of benzene rings is 2. The van der Waals surface area contributed by atoms with Crippen molar-refractivity contribution in [2.75, 3.05) is 26.2 Å². The van der Waals surface area contributed by atoms with Crippen LogP contribution in [0.4, 0.5) is 0 Å². The second kappa shape index (κ2) is 8.45. The molecule has 1 aliphatic rings. The minimum atomic E-state index is -3.55. The van der Waals surface area contributed by atoms with Gasteiger partial charge in [-0.2, -0.15) is 4.31 Å². The van der Waals surface area contributed by atoms with Crippen LogP contribution < -0.4 is 0 Å². The summed E-state index contributed by atoms with van der Waals surface area (Å²) in [5, 5.41) is 0.959. The predicted octanol–water partition coefficient (Wildman–Crippen LogP) is 3.38. The first-order chi connectivity index (χ1) is 14.3. The molecule has 30 heavy (non-hydrogen) atoms. The maximum absolute atomic E-state index is 13.0. The van der Waals surface area contributed by atoms with Crippen LogP contribution in [0.3, 0.4) is 0 Å². The molecular formula is C22H25N3O3S2. The molecule has 1 aliphatic heterocycles. The van der Waals surface area contributed by atoms with E-state index < -0.39 is 10.0 Å². The van der Waals surface area contributed by atoms with Crippen LogP contribution in [-0.2, 0) is 21.2 Å². The van der Waals surface area contributed by atoms with E-state index in [1.807, 2.05) is 50.2 Å². The summed E-state index contributed by atoms with van der Waals surface area (Å²) in [5.74, 6) is 0.0537. The average molecular weight is 444 g/mol. The van der Waals surface area contributed by atoms with Gasteiger partial charge in [0.2, 0.25) is 15.9 Å². The van der Waals surface area contributed by atoms with Crippen LogP contribution in [0, 0.1) is 13.8 Å². The highest BCUT2D eigenvalue weighted by Gasteiger charge is 2.31. The molecule has 0 N–H and O–H groups in total. The Labute approximate surface area is 181 Å². The van der Waals surface area contributed by atoms with Gasteiger partial charge in [0.05, 0.1) is 20.1 Å². The highest BCUT2D eigenvalue weighted by molar-refractivity contribution is 7.89. The van der Waals surface area contributed by atoms with Crippen LogP contribution in [-0.4, -0.2) is 54.7 Å². The molecule has 0 atom stereocenters. The lowest BCUT2D eigenvalue weighted by molar-refractivity contribution is -0.132. The Morgan fingerprint density at radius 2 is 1.80 bits per heavy atom. The molecule has 0 radical (unpaired) electrons. The summed E-state index contributed by atoms with van der Waals surface area (Å²) in [7, 11) is -3.55. The molecule has 2 aromatic carbocycles. The number of rotatable bonds is 5. The fraction of sp³-hybridized carbons (Fsp3) is 0.364. The Bertz CT molecular complexity index is 1150. The molecule has 0 unspecified atom stereocenters. The van der Waals surface area contributed by atoms with Gasteiger partial charge in [-0.15, -0.1) is 11.3 Å². The van der Waals surface area contributed by atoms with Crippen LogP contribution in [0.2, 0.25) is 0 Å². The Morgan fingerprint density at radius 3 is 2.53 bits per heavy atom. The second-order valence-corrected chi connectivity index (χ2v) is 10.7. The van der Waals surface area contributed by atoms with Crippen molar-refractivity contribution in [1.29, 1.82) is 0 Å². The van der Waals surface area contributed by atoms with Crippen LogP contribution in [0.25, 0.3) is 10.2 Å². The number of sulfonamides is 1. The fourth-order valence-electron chi connectivity index (χ4n) is 3.70. The molecule has 0 saturated carbocycles. The van der Waals surface area contributed by atoms with Crippen molar-refractivity contribution in [2.45, 2.75) is 31.6 Å². The Balaban J connectivity index is 1.35. The fourth-order valence-corrected chi connectivity index (χ4v) is 6.40. The van der Waals surface area contributed by atoms with E-state index in [0.717, 1.165) is 26.4 Å². The molecule has 0 bridgehead atoms. The van der Waals surface area contributed by atoms with Crippen LogP contribution in [0.5, 0.6) is 0 Å². The van der Waals surface area contributed by atoms with E-state index >= 15 is 0 Å². The van der Waals surface area contributed by atoms with Crippen molar-refractivity contribution < 1.29 is 13.2 Å². The summed E-state index contributed by atoms with van der Waals surface area (Å²) >= 11 is 1.62. The summed E-state index contributed by atoms with van der Waals surface area (Å²) in [6.07, 6.45) is 1.00. The molecule has 1 fully saturated rings. The van der Waals surface area contributed by atoms with E-state index in [-0.39, 0.29) is 5.91 Å². The Kier molecular flexibility index (Phi) is 5.90. The number of nitrogens with zero attached hydrogens (tertiary/aromatic N) is 3. The van der Waals surface area contributed by atoms with Gasteiger partial charge in [0, 0.05) is 39.0 Å². The van der Waals surface area contributed by atoms with Gasteiger partial charge in [0.25, 0.3) is 0 Å². The summed E-state index contributed by atoms with van der Waals surface area (Å²) < 4.78 is 28.7. The standard InChI is InChI=1S/C22H25N3O3S2/c1-16-7-8-17(2)20(15-16)30(27,28)25-13-11-24(12-14-25)22(26)10-9-21-23-18-5-3-4-6-19(18)29-21/h3-8,15H,9-14H2,1-2H3. The molecule has 0 spiro atoms. The first-order valence-corrected chi connectivity index (χ1v) is 12.3. The number of piperazine rings is 1. The number of aryl methyl sites for hydroxylation is 3. The van der Waals surface area contributed by atoms with Gasteiger partial charge in [0.15, 0.2) is 0 Å². The highest BCUT2D eigenvalue weighted by atomic mass is 32.2. The number of thiazole rings is 1. The number of para-hydroxylation sites is 1. The first kappa shape index (κ1) is 21.0. The smallest absolute Gasteiger partial charge is 0.243 e. The minimum absolute atomic E-state index is 0.0537. The largest absolute Gasteiger partial charge is 0.340 e. The highest BCUT2D eigenvalue weighted by Crippen LogP contribution is 2.24.